The van der Waals surface area contributed by atoms with Crippen molar-refractivity contribution < 1.29 is 19.1 Å². The smallest absolute Gasteiger partial charge is 0.294 e. The molecule has 2 saturated heterocycles. The van der Waals surface area contributed by atoms with E-state index in [-0.39, 0.29) is 12.5 Å². The van der Waals surface area contributed by atoms with Crippen LogP contribution < -0.4 is 4.74 Å². The van der Waals surface area contributed by atoms with Crippen LogP contribution in [-0.2, 0) is 16.2 Å². The molecule has 36 heavy (non-hydrogen) atoms. The Balaban J connectivity index is 1.42. The third-order valence-corrected chi connectivity index (χ3v) is 7.50. The summed E-state index contributed by atoms with van der Waals surface area (Å²) in [6.07, 6.45) is 4.75. The lowest BCUT2D eigenvalue weighted by Gasteiger charge is -2.27. The summed E-state index contributed by atoms with van der Waals surface area (Å²) in [5.41, 5.74) is 2.96. The predicted molar refractivity (Wildman–Crippen MR) is 143 cm³/mol. The monoisotopic (exact) mass is 500 g/mol. The second kappa shape index (κ2) is 10.6. The molecule has 0 unspecified atom stereocenters. The van der Waals surface area contributed by atoms with E-state index in [0.29, 0.717) is 30.4 Å². The van der Waals surface area contributed by atoms with E-state index in [1.807, 2.05) is 67.6 Å². The van der Waals surface area contributed by atoms with Gasteiger partial charge in [-0.2, -0.15) is 0 Å². The highest BCUT2D eigenvalue weighted by Gasteiger charge is 2.37. The van der Waals surface area contributed by atoms with Gasteiger partial charge in [-0.15, -0.1) is 0 Å². The largest absolute Gasteiger partial charge is 0.488 e. The van der Waals surface area contributed by atoms with Crippen LogP contribution in [0, 0.1) is 6.92 Å². The lowest BCUT2D eigenvalue weighted by molar-refractivity contribution is -0.136. The van der Waals surface area contributed by atoms with Gasteiger partial charge in [0, 0.05) is 18.7 Å². The van der Waals surface area contributed by atoms with E-state index in [4.69, 9.17) is 4.74 Å². The summed E-state index contributed by atoms with van der Waals surface area (Å²) in [5, 5.41) is 1.51. The van der Waals surface area contributed by atoms with E-state index in [0.717, 1.165) is 57.8 Å². The van der Waals surface area contributed by atoms with E-state index in [9.17, 15) is 14.4 Å². The summed E-state index contributed by atoms with van der Waals surface area (Å²) in [7, 11) is 0. The van der Waals surface area contributed by atoms with Crippen LogP contribution in [0.1, 0.15) is 36.0 Å². The number of carbonyl (C=O) groups is 3. The third kappa shape index (κ3) is 5.16. The van der Waals surface area contributed by atoms with E-state index < -0.39 is 11.1 Å². The Labute approximate surface area is 214 Å². The highest BCUT2D eigenvalue weighted by molar-refractivity contribution is 8.18. The minimum atomic E-state index is -0.437. The molecular formula is C29H28N2O4S. The molecular weight excluding hydrogens is 472 g/mol. The van der Waals surface area contributed by atoms with Gasteiger partial charge in [0.05, 0.1) is 4.91 Å². The summed E-state index contributed by atoms with van der Waals surface area (Å²) in [6, 6.07) is 19.9. The number of hydrogen-bond acceptors (Lipinski definition) is 5. The number of amides is 3. The average molecular weight is 501 g/mol. The van der Waals surface area contributed by atoms with Crippen molar-refractivity contribution in [1.82, 2.24) is 9.80 Å². The van der Waals surface area contributed by atoms with Crippen molar-refractivity contribution in [2.24, 2.45) is 0 Å². The summed E-state index contributed by atoms with van der Waals surface area (Å²) in [6.45, 7) is 3.57. The Hall–Kier alpha value is -3.58. The van der Waals surface area contributed by atoms with Gasteiger partial charge in [-0.05, 0) is 66.4 Å². The summed E-state index contributed by atoms with van der Waals surface area (Å²) in [5.74, 6) is 0.0174. The maximum Gasteiger partial charge on any atom is 0.294 e. The molecule has 6 nitrogen and oxygen atoms in total. The molecule has 7 heteroatoms. The van der Waals surface area contributed by atoms with Crippen LogP contribution in [0.25, 0.3) is 16.8 Å². The Bertz CT molecular complexity index is 1340. The zero-order chi connectivity index (χ0) is 25.1. The van der Waals surface area contributed by atoms with Crippen LogP contribution in [0.5, 0.6) is 5.75 Å². The molecule has 0 N–H and O–H groups in total. The molecule has 0 atom stereocenters. The molecule has 0 spiro atoms. The summed E-state index contributed by atoms with van der Waals surface area (Å²) in [4.78, 5) is 41.7. The SMILES string of the molecule is Cc1ccc(COc2ccc3ccccc3c2/C=C2\SC(=O)N(CC(=O)N3CCCCC3)C2=O)cc1. The number of likely N-dealkylation sites (tertiary alicyclic amines) is 1. The fourth-order valence-corrected chi connectivity index (χ4v) is 5.36. The zero-order valence-corrected chi connectivity index (χ0v) is 21.1. The minimum absolute atomic E-state index is 0.175. The molecule has 5 rings (SSSR count). The molecule has 0 saturated carbocycles. The summed E-state index contributed by atoms with van der Waals surface area (Å²) >= 11 is 0.871. The third-order valence-electron chi connectivity index (χ3n) is 6.60. The number of hydrogen-bond donors (Lipinski definition) is 0. The molecule has 2 aliphatic rings. The maximum absolute atomic E-state index is 13.2. The van der Waals surface area contributed by atoms with Crippen molar-refractivity contribution in [2.75, 3.05) is 19.6 Å². The molecule has 0 aliphatic carbocycles. The number of aryl methyl sites for hydroxylation is 1. The van der Waals surface area contributed by atoms with Crippen LogP contribution >= 0.6 is 11.8 Å². The Morgan fingerprint density at radius 1 is 0.972 bits per heavy atom. The van der Waals surface area contributed by atoms with Gasteiger partial charge in [0.15, 0.2) is 0 Å². The number of benzene rings is 3. The topological polar surface area (TPSA) is 66.9 Å². The quantitative estimate of drug-likeness (QED) is 0.402. The normalized spacial score (nSPS) is 17.3. The van der Waals surface area contributed by atoms with Gasteiger partial charge in [0.2, 0.25) is 5.91 Å². The number of ether oxygens (including phenoxy) is 1. The number of thioether (sulfide) groups is 1. The van der Waals surface area contributed by atoms with Crippen molar-refractivity contribution in [2.45, 2.75) is 32.8 Å². The highest BCUT2D eigenvalue weighted by Crippen LogP contribution is 2.37. The second-order valence-corrected chi connectivity index (χ2v) is 10.2. The minimum Gasteiger partial charge on any atom is -0.488 e. The summed E-state index contributed by atoms with van der Waals surface area (Å²) < 4.78 is 6.19. The lowest BCUT2D eigenvalue weighted by Crippen LogP contribution is -2.44. The van der Waals surface area contributed by atoms with Gasteiger partial charge < -0.3 is 9.64 Å². The average Bonchev–Trinajstić information content (AvgIpc) is 3.17. The first-order chi connectivity index (χ1) is 17.5. The standard InChI is InChI=1S/C29H28N2O4S/c1-20-9-11-21(12-10-20)19-35-25-14-13-22-7-3-4-8-23(22)24(25)17-26-28(33)31(29(34)36-26)18-27(32)30-15-5-2-6-16-30/h3-4,7-14,17H,2,5-6,15-16,18-19H2,1H3/b26-17-. The predicted octanol–water partition coefficient (Wildman–Crippen LogP) is 5.78. The van der Waals surface area contributed by atoms with Gasteiger partial charge in [-0.3, -0.25) is 19.3 Å². The first kappa shape index (κ1) is 24.1. The van der Waals surface area contributed by atoms with Crippen LogP contribution in [0.15, 0.2) is 65.6 Å². The zero-order valence-electron chi connectivity index (χ0n) is 20.2. The Kier molecular flexibility index (Phi) is 7.09. The molecule has 3 aromatic carbocycles. The first-order valence-corrected chi connectivity index (χ1v) is 13.0. The second-order valence-electron chi connectivity index (χ2n) is 9.18. The van der Waals surface area contributed by atoms with Gasteiger partial charge >= 0.3 is 0 Å². The first-order valence-electron chi connectivity index (χ1n) is 12.2. The highest BCUT2D eigenvalue weighted by atomic mass is 32.2. The lowest BCUT2D eigenvalue weighted by atomic mass is 10.0. The van der Waals surface area contributed by atoms with E-state index in [2.05, 4.69) is 0 Å². The van der Waals surface area contributed by atoms with Gasteiger partial charge in [0.25, 0.3) is 11.1 Å². The number of imide groups is 1. The van der Waals surface area contributed by atoms with Crippen molar-refractivity contribution in [1.29, 1.82) is 0 Å². The van der Waals surface area contributed by atoms with E-state index in [1.54, 1.807) is 11.0 Å². The van der Waals surface area contributed by atoms with Crippen molar-refractivity contribution >= 4 is 45.7 Å². The fraction of sp³-hybridized carbons (Fsp3) is 0.276. The molecule has 0 aromatic heterocycles. The van der Waals surface area contributed by atoms with Crippen LogP contribution in [0.2, 0.25) is 0 Å². The van der Waals surface area contributed by atoms with Crippen molar-refractivity contribution in [3.63, 3.8) is 0 Å². The Morgan fingerprint density at radius 3 is 2.50 bits per heavy atom. The molecule has 2 fully saturated rings. The number of rotatable bonds is 6. The van der Waals surface area contributed by atoms with Crippen LogP contribution in [0.4, 0.5) is 4.79 Å². The number of fused-ring (bicyclic) bond motifs is 1. The Morgan fingerprint density at radius 2 is 1.72 bits per heavy atom. The van der Waals surface area contributed by atoms with E-state index in [1.165, 1.54) is 5.56 Å². The number of carbonyl (C=O) groups excluding carboxylic acids is 3. The van der Waals surface area contributed by atoms with Gasteiger partial charge in [-0.1, -0.05) is 60.2 Å². The molecule has 2 heterocycles. The molecule has 3 amide bonds. The maximum atomic E-state index is 13.2. The molecule has 0 radical (unpaired) electrons. The number of piperidine rings is 1. The molecule has 3 aromatic rings. The van der Waals surface area contributed by atoms with Gasteiger partial charge in [0.1, 0.15) is 18.9 Å². The molecule has 184 valence electrons. The van der Waals surface area contributed by atoms with Crippen molar-refractivity contribution in [3.8, 4) is 5.75 Å². The fourth-order valence-electron chi connectivity index (χ4n) is 4.54. The van der Waals surface area contributed by atoms with Crippen molar-refractivity contribution in [3.05, 3.63) is 82.3 Å². The van der Waals surface area contributed by atoms with E-state index >= 15 is 0 Å². The van der Waals surface area contributed by atoms with Gasteiger partial charge in [-0.25, -0.2) is 0 Å². The van der Waals surface area contributed by atoms with Crippen LogP contribution in [0.3, 0.4) is 0 Å². The van der Waals surface area contributed by atoms with Crippen LogP contribution in [-0.4, -0.2) is 46.5 Å². The number of nitrogens with zero attached hydrogens (tertiary/aromatic N) is 2. The molecule has 0 bridgehead atoms. The molecule has 2 aliphatic heterocycles.